The van der Waals surface area contributed by atoms with E-state index in [0.717, 1.165) is 52.3 Å². The molecule has 0 aliphatic heterocycles. The van der Waals surface area contributed by atoms with Gasteiger partial charge in [-0.05, 0) is 48.6 Å². The van der Waals surface area contributed by atoms with Crippen LogP contribution in [0.25, 0.3) is 21.8 Å². The fourth-order valence-corrected chi connectivity index (χ4v) is 4.07. The van der Waals surface area contributed by atoms with Crippen molar-refractivity contribution in [2.75, 3.05) is 6.61 Å². The summed E-state index contributed by atoms with van der Waals surface area (Å²) in [6, 6.07) is 30.8. The van der Waals surface area contributed by atoms with Gasteiger partial charge in [-0.15, -0.1) is 0 Å². The van der Waals surface area contributed by atoms with E-state index in [2.05, 4.69) is 60.0 Å². The van der Waals surface area contributed by atoms with E-state index in [4.69, 9.17) is 14.5 Å². The van der Waals surface area contributed by atoms with Gasteiger partial charge < -0.3 is 14.0 Å². The number of aryl methyl sites for hydroxylation is 2. The molecule has 0 fully saturated rings. The van der Waals surface area contributed by atoms with Gasteiger partial charge in [0, 0.05) is 11.9 Å². The number of imidazole rings is 1. The van der Waals surface area contributed by atoms with E-state index < -0.39 is 0 Å². The fourth-order valence-electron chi connectivity index (χ4n) is 4.07. The zero-order valence-electron chi connectivity index (χ0n) is 18.2. The first-order valence-electron chi connectivity index (χ1n) is 11.0. The van der Waals surface area contributed by atoms with E-state index in [0.29, 0.717) is 13.2 Å². The number of benzene rings is 4. The van der Waals surface area contributed by atoms with Crippen molar-refractivity contribution in [3.05, 3.63) is 102 Å². The summed E-state index contributed by atoms with van der Waals surface area (Å²) < 4.78 is 14.5. The predicted molar refractivity (Wildman–Crippen MR) is 129 cm³/mol. The predicted octanol–water partition coefficient (Wildman–Crippen LogP) is 6.55. The maximum atomic E-state index is 6.15. The lowest BCUT2D eigenvalue weighted by Gasteiger charge is -2.13. The highest BCUT2D eigenvalue weighted by molar-refractivity contribution is 5.88. The number of ether oxygens (including phenoxy) is 2. The third-order valence-electron chi connectivity index (χ3n) is 5.72. The van der Waals surface area contributed by atoms with Gasteiger partial charge in [0.2, 0.25) is 0 Å². The van der Waals surface area contributed by atoms with Crippen LogP contribution in [0.2, 0.25) is 0 Å². The van der Waals surface area contributed by atoms with Crippen LogP contribution in [0.5, 0.6) is 11.5 Å². The van der Waals surface area contributed by atoms with Gasteiger partial charge in [-0.1, -0.05) is 66.7 Å². The molecule has 1 heterocycles. The standard InChI is InChI=1S/C28H26N2O2/c1-21-10-2-7-16-26(21)32-20-28-29-24-14-5-6-15-25(24)30(28)18-9-19-31-27-17-8-12-22-11-3-4-13-23(22)27/h2-8,10-17H,9,18-20H2,1H3. The van der Waals surface area contributed by atoms with Gasteiger partial charge in [0.25, 0.3) is 0 Å². The largest absolute Gasteiger partial charge is 0.493 e. The molecule has 0 aliphatic rings. The molecule has 5 rings (SSSR count). The van der Waals surface area contributed by atoms with Crippen LogP contribution in [0.1, 0.15) is 17.8 Å². The lowest BCUT2D eigenvalue weighted by Crippen LogP contribution is -2.10. The molecular formula is C28H26N2O2. The summed E-state index contributed by atoms with van der Waals surface area (Å²) >= 11 is 0. The summed E-state index contributed by atoms with van der Waals surface area (Å²) in [5.41, 5.74) is 3.24. The molecule has 1 aromatic heterocycles. The van der Waals surface area contributed by atoms with E-state index in [1.54, 1.807) is 0 Å². The Balaban J connectivity index is 1.30. The normalized spacial score (nSPS) is 11.2. The molecule has 160 valence electrons. The summed E-state index contributed by atoms with van der Waals surface area (Å²) in [6.07, 6.45) is 0.876. The first-order chi connectivity index (χ1) is 15.8. The Kier molecular flexibility index (Phi) is 5.75. The Hall–Kier alpha value is -3.79. The van der Waals surface area contributed by atoms with Crippen molar-refractivity contribution >= 4 is 21.8 Å². The SMILES string of the molecule is Cc1ccccc1OCc1nc2ccccc2n1CCCOc1cccc2ccccc12. The Labute approximate surface area is 188 Å². The maximum Gasteiger partial charge on any atom is 0.148 e. The van der Waals surface area contributed by atoms with Crippen molar-refractivity contribution in [1.29, 1.82) is 0 Å². The summed E-state index contributed by atoms with van der Waals surface area (Å²) in [5, 5.41) is 2.34. The third-order valence-corrected chi connectivity index (χ3v) is 5.72. The van der Waals surface area contributed by atoms with Crippen LogP contribution < -0.4 is 9.47 Å². The highest BCUT2D eigenvalue weighted by Crippen LogP contribution is 2.25. The average molecular weight is 423 g/mol. The lowest BCUT2D eigenvalue weighted by molar-refractivity contribution is 0.280. The average Bonchev–Trinajstić information content (AvgIpc) is 3.19. The minimum atomic E-state index is 0.434. The van der Waals surface area contributed by atoms with Crippen LogP contribution in [0.15, 0.2) is 91.0 Å². The number of para-hydroxylation sites is 3. The minimum absolute atomic E-state index is 0.434. The van der Waals surface area contributed by atoms with Crippen molar-refractivity contribution in [1.82, 2.24) is 9.55 Å². The third kappa shape index (κ3) is 4.17. The molecule has 0 N–H and O–H groups in total. The van der Waals surface area contributed by atoms with Gasteiger partial charge >= 0.3 is 0 Å². The summed E-state index contributed by atoms with van der Waals surface area (Å²) in [5.74, 6) is 2.76. The smallest absolute Gasteiger partial charge is 0.148 e. The lowest BCUT2D eigenvalue weighted by atomic mass is 10.1. The molecular weight excluding hydrogens is 396 g/mol. The number of rotatable bonds is 8. The topological polar surface area (TPSA) is 36.3 Å². The molecule has 4 nitrogen and oxygen atoms in total. The van der Waals surface area contributed by atoms with Crippen molar-refractivity contribution in [3.8, 4) is 11.5 Å². The number of fused-ring (bicyclic) bond motifs is 2. The first-order valence-corrected chi connectivity index (χ1v) is 11.0. The van der Waals surface area contributed by atoms with E-state index in [-0.39, 0.29) is 0 Å². The molecule has 0 atom stereocenters. The van der Waals surface area contributed by atoms with Crippen LogP contribution in [-0.2, 0) is 13.2 Å². The monoisotopic (exact) mass is 422 g/mol. The Morgan fingerprint density at radius 3 is 2.44 bits per heavy atom. The van der Waals surface area contributed by atoms with Crippen LogP contribution in [-0.4, -0.2) is 16.2 Å². The van der Waals surface area contributed by atoms with E-state index >= 15 is 0 Å². The van der Waals surface area contributed by atoms with Gasteiger partial charge in [0.1, 0.15) is 23.9 Å². The van der Waals surface area contributed by atoms with Gasteiger partial charge in [-0.25, -0.2) is 4.98 Å². The Bertz CT molecular complexity index is 1350. The van der Waals surface area contributed by atoms with E-state index in [1.165, 1.54) is 5.39 Å². The highest BCUT2D eigenvalue weighted by Gasteiger charge is 2.12. The minimum Gasteiger partial charge on any atom is -0.493 e. The van der Waals surface area contributed by atoms with E-state index in [1.807, 2.05) is 42.5 Å². The maximum absolute atomic E-state index is 6.15. The van der Waals surface area contributed by atoms with Crippen LogP contribution >= 0.6 is 0 Å². The summed E-state index contributed by atoms with van der Waals surface area (Å²) in [4.78, 5) is 4.83. The van der Waals surface area contributed by atoms with Crippen LogP contribution in [0.3, 0.4) is 0 Å². The van der Waals surface area contributed by atoms with Gasteiger partial charge in [-0.2, -0.15) is 0 Å². The Morgan fingerprint density at radius 1 is 0.750 bits per heavy atom. The second-order valence-corrected chi connectivity index (χ2v) is 7.90. The van der Waals surface area contributed by atoms with Crippen molar-refractivity contribution in [2.24, 2.45) is 0 Å². The summed E-state index contributed by atoms with van der Waals surface area (Å²) in [7, 11) is 0. The van der Waals surface area contributed by atoms with E-state index in [9.17, 15) is 0 Å². The second kappa shape index (κ2) is 9.15. The van der Waals surface area contributed by atoms with Crippen molar-refractivity contribution < 1.29 is 9.47 Å². The van der Waals surface area contributed by atoms with Crippen LogP contribution in [0, 0.1) is 6.92 Å². The molecule has 32 heavy (non-hydrogen) atoms. The van der Waals surface area contributed by atoms with Crippen molar-refractivity contribution in [2.45, 2.75) is 26.5 Å². The zero-order valence-corrected chi connectivity index (χ0v) is 18.2. The van der Waals surface area contributed by atoms with Gasteiger partial charge in [0.15, 0.2) is 0 Å². The molecule has 0 saturated carbocycles. The van der Waals surface area contributed by atoms with Crippen LogP contribution in [0.4, 0.5) is 0 Å². The molecule has 4 heteroatoms. The van der Waals surface area contributed by atoms with Gasteiger partial charge in [-0.3, -0.25) is 0 Å². The molecule has 0 saturated heterocycles. The molecule has 0 amide bonds. The molecule has 5 aromatic rings. The highest BCUT2D eigenvalue weighted by atomic mass is 16.5. The second-order valence-electron chi connectivity index (χ2n) is 7.90. The zero-order chi connectivity index (χ0) is 21.8. The number of hydrogen-bond donors (Lipinski definition) is 0. The molecule has 0 spiro atoms. The molecule has 0 aliphatic carbocycles. The first kappa shape index (κ1) is 20.1. The number of aromatic nitrogens is 2. The van der Waals surface area contributed by atoms with Gasteiger partial charge in [0.05, 0.1) is 17.6 Å². The molecule has 0 unspecified atom stereocenters. The summed E-state index contributed by atoms with van der Waals surface area (Å²) in [6.45, 7) is 3.95. The number of hydrogen-bond acceptors (Lipinski definition) is 3. The van der Waals surface area contributed by atoms with Crippen molar-refractivity contribution in [3.63, 3.8) is 0 Å². The Morgan fingerprint density at radius 2 is 1.50 bits per heavy atom. The molecule has 0 bridgehead atoms. The quantitative estimate of drug-likeness (QED) is 0.266. The number of nitrogens with zero attached hydrogens (tertiary/aromatic N) is 2. The molecule has 0 radical (unpaired) electrons. The molecule has 4 aromatic carbocycles. The fraction of sp³-hybridized carbons (Fsp3) is 0.179.